The van der Waals surface area contributed by atoms with Gasteiger partial charge in [0.25, 0.3) is 5.91 Å². The Hall–Kier alpha value is -3.28. The number of amides is 1. The summed E-state index contributed by atoms with van der Waals surface area (Å²) in [6, 6.07) is 19.1. The van der Waals surface area contributed by atoms with Gasteiger partial charge < -0.3 is 10.6 Å². The zero-order chi connectivity index (χ0) is 17.5. The highest BCUT2D eigenvalue weighted by Crippen LogP contribution is 2.10. The second-order valence-corrected chi connectivity index (χ2v) is 5.39. The molecular formula is C19H17FN4O. The number of anilines is 2. The number of carbonyl (C=O) groups is 1. The van der Waals surface area contributed by atoms with Crippen molar-refractivity contribution in [3.63, 3.8) is 0 Å². The van der Waals surface area contributed by atoms with Crippen molar-refractivity contribution >= 4 is 17.4 Å². The van der Waals surface area contributed by atoms with Crippen molar-refractivity contribution in [2.75, 3.05) is 17.2 Å². The average Bonchev–Trinajstić information content (AvgIpc) is 2.65. The first kappa shape index (κ1) is 16.6. The van der Waals surface area contributed by atoms with Gasteiger partial charge in [-0.25, -0.2) is 4.39 Å². The standard InChI is InChI=1S/C19H17FN4O/c20-16-9-5-4-6-14(16)12-13-21-18-11-10-17(23-24-18)19(25)22-15-7-2-1-3-8-15/h1-11H,12-13H2,(H,21,24)(H,22,25). The summed E-state index contributed by atoms with van der Waals surface area (Å²) in [4.78, 5) is 12.1. The highest BCUT2D eigenvalue weighted by molar-refractivity contribution is 6.02. The fraction of sp³-hybridized carbons (Fsp3) is 0.105. The number of halogens is 1. The highest BCUT2D eigenvalue weighted by atomic mass is 19.1. The molecule has 1 heterocycles. The van der Waals surface area contributed by atoms with Crippen LogP contribution in [-0.2, 0) is 6.42 Å². The van der Waals surface area contributed by atoms with Gasteiger partial charge in [-0.15, -0.1) is 10.2 Å². The predicted octanol–water partition coefficient (Wildman–Crippen LogP) is 3.52. The van der Waals surface area contributed by atoms with E-state index in [1.54, 1.807) is 42.5 Å². The summed E-state index contributed by atoms with van der Waals surface area (Å²) in [6.45, 7) is 0.519. The maximum atomic E-state index is 13.5. The number of hydrogen-bond donors (Lipinski definition) is 2. The summed E-state index contributed by atoms with van der Waals surface area (Å²) in [7, 11) is 0. The van der Waals surface area contributed by atoms with Crippen molar-refractivity contribution in [3.05, 3.63) is 83.8 Å². The van der Waals surface area contributed by atoms with Crippen LogP contribution in [0.1, 0.15) is 16.1 Å². The second-order valence-electron chi connectivity index (χ2n) is 5.39. The number of carbonyl (C=O) groups excluding carboxylic acids is 1. The van der Waals surface area contributed by atoms with E-state index in [2.05, 4.69) is 20.8 Å². The minimum absolute atomic E-state index is 0.219. The van der Waals surface area contributed by atoms with Gasteiger partial charge in [-0.05, 0) is 42.3 Å². The summed E-state index contributed by atoms with van der Waals surface area (Å²) in [6.07, 6.45) is 0.532. The third-order valence-electron chi connectivity index (χ3n) is 3.59. The SMILES string of the molecule is O=C(Nc1ccccc1)c1ccc(NCCc2ccccc2F)nn1. The highest BCUT2D eigenvalue weighted by Gasteiger charge is 2.08. The summed E-state index contributed by atoms with van der Waals surface area (Å²) < 4.78 is 13.5. The van der Waals surface area contributed by atoms with Crippen LogP contribution in [0.4, 0.5) is 15.9 Å². The van der Waals surface area contributed by atoms with Crippen LogP contribution in [0, 0.1) is 5.82 Å². The maximum absolute atomic E-state index is 13.5. The Labute approximate surface area is 144 Å². The van der Waals surface area contributed by atoms with Gasteiger partial charge in [-0.1, -0.05) is 36.4 Å². The Kier molecular flexibility index (Phi) is 5.31. The molecule has 0 radical (unpaired) electrons. The van der Waals surface area contributed by atoms with Crippen molar-refractivity contribution in [2.45, 2.75) is 6.42 Å². The number of nitrogens with one attached hydrogen (secondary N) is 2. The normalized spacial score (nSPS) is 10.3. The Morgan fingerprint density at radius 3 is 2.40 bits per heavy atom. The first-order valence-electron chi connectivity index (χ1n) is 7.90. The molecule has 0 unspecified atom stereocenters. The largest absolute Gasteiger partial charge is 0.368 e. The molecule has 3 rings (SSSR count). The molecule has 1 aromatic heterocycles. The van der Waals surface area contributed by atoms with Gasteiger partial charge in [0.1, 0.15) is 11.6 Å². The minimum Gasteiger partial charge on any atom is -0.368 e. The molecule has 2 N–H and O–H groups in total. The molecule has 0 saturated carbocycles. The van der Waals surface area contributed by atoms with Gasteiger partial charge in [-0.3, -0.25) is 4.79 Å². The Bertz CT molecular complexity index is 838. The van der Waals surface area contributed by atoms with Crippen molar-refractivity contribution in [1.82, 2.24) is 10.2 Å². The quantitative estimate of drug-likeness (QED) is 0.723. The monoisotopic (exact) mass is 336 g/mol. The van der Waals surface area contributed by atoms with Gasteiger partial charge in [0.15, 0.2) is 5.69 Å². The van der Waals surface area contributed by atoms with E-state index in [1.807, 2.05) is 18.2 Å². The fourth-order valence-electron chi connectivity index (χ4n) is 2.29. The van der Waals surface area contributed by atoms with Gasteiger partial charge >= 0.3 is 0 Å². The molecule has 0 aliphatic carbocycles. The van der Waals surface area contributed by atoms with Crippen molar-refractivity contribution in [2.24, 2.45) is 0 Å². The molecule has 0 spiro atoms. The van der Waals surface area contributed by atoms with E-state index in [0.717, 1.165) is 0 Å². The number of benzene rings is 2. The van der Waals surface area contributed by atoms with Gasteiger partial charge in [-0.2, -0.15) is 0 Å². The second kappa shape index (κ2) is 8.01. The van der Waals surface area contributed by atoms with Crippen LogP contribution in [0.5, 0.6) is 0 Å². The van der Waals surface area contributed by atoms with Crippen LogP contribution in [-0.4, -0.2) is 22.6 Å². The number of aromatic nitrogens is 2. The first-order chi connectivity index (χ1) is 12.2. The number of hydrogen-bond acceptors (Lipinski definition) is 4. The van der Waals surface area contributed by atoms with Gasteiger partial charge in [0.2, 0.25) is 0 Å². The molecule has 0 aliphatic rings. The van der Waals surface area contributed by atoms with Crippen LogP contribution < -0.4 is 10.6 Å². The van der Waals surface area contributed by atoms with Gasteiger partial charge in [0, 0.05) is 12.2 Å². The smallest absolute Gasteiger partial charge is 0.276 e. The van der Waals surface area contributed by atoms with E-state index in [4.69, 9.17) is 0 Å². The molecule has 6 heteroatoms. The van der Waals surface area contributed by atoms with E-state index in [1.165, 1.54) is 6.07 Å². The molecule has 0 bridgehead atoms. The molecule has 2 aromatic carbocycles. The van der Waals surface area contributed by atoms with Crippen LogP contribution in [0.2, 0.25) is 0 Å². The van der Waals surface area contributed by atoms with E-state index >= 15 is 0 Å². The van der Waals surface area contributed by atoms with E-state index in [0.29, 0.717) is 30.0 Å². The third-order valence-corrected chi connectivity index (χ3v) is 3.59. The molecule has 0 aliphatic heterocycles. The zero-order valence-corrected chi connectivity index (χ0v) is 13.4. The number of para-hydroxylation sites is 1. The third kappa shape index (κ3) is 4.60. The summed E-state index contributed by atoms with van der Waals surface area (Å²) in [5, 5.41) is 13.7. The van der Waals surface area contributed by atoms with Crippen LogP contribution in [0.25, 0.3) is 0 Å². The molecule has 5 nitrogen and oxygen atoms in total. The minimum atomic E-state index is -0.323. The van der Waals surface area contributed by atoms with E-state index in [-0.39, 0.29) is 17.4 Å². The fourth-order valence-corrected chi connectivity index (χ4v) is 2.29. The van der Waals surface area contributed by atoms with Gasteiger partial charge in [0.05, 0.1) is 0 Å². The summed E-state index contributed by atoms with van der Waals surface area (Å²) in [5.74, 6) is -0.00692. The molecule has 3 aromatic rings. The molecule has 25 heavy (non-hydrogen) atoms. The topological polar surface area (TPSA) is 66.9 Å². The number of rotatable bonds is 6. The van der Waals surface area contributed by atoms with Crippen LogP contribution in [0.15, 0.2) is 66.7 Å². The maximum Gasteiger partial charge on any atom is 0.276 e. The molecular weight excluding hydrogens is 319 g/mol. The lowest BCUT2D eigenvalue weighted by atomic mass is 10.1. The Morgan fingerprint density at radius 2 is 1.68 bits per heavy atom. The number of nitrogens with zero attached hydrogens (tertiary/aromatic N) is 2. The van der Waals surface area contributed by atoms with E-state index in [9.17, 15) is 9.18 Å². The molecule has 126 valence electrons. The molecule has 0 atom stereocenters. The predicted molar refractivity (Wildman–Crippen MR) is 95.0 cm³/mol. The zero-order valence-electron chi connectivity index (χ0n) is 13.4. The lowest BCUT2D eigenvalue weighted by molar-refractivity contribution is 0.102. The molecule has 1 amide bonds. The first-order valence-corrected chi connectivity index (χ1v) is 7.90. The molecule has 0 fully saturated rings. The lowest BCUT2D eigenvalue weighted by Gasteiger charge is -2.07. The lowest BCUT2D eigenvalue weighted by Crippen LogP contribution is -2.15. The van der Waals surface area contributed by atoms with Crippen LogP contribution in [0.3, 0.4) is 0 Å². The average molecular weight is 336 g/mol. The molecule has 0 saturated heterocycles. The van der Waals surface area contributed by atoms with Crippen LogP contribution >= 0.6 is 0 Å². The summed E-state index contributed by atoms with van der Waals surface area (Å²) >= 11 is 0. The van der Waals surface area contributed by atoms with Crippen molar-refractivity contribution in [3.8, 4) is 0 Å². The summed E-state index contributed by atoms with van der Waals surface area (Å²) in [5.41, 5.74) is 1.56. The van der Waals surface area contributed by atoms with Crippen molar-refractivity contribution in [1.29, 1.82) is 0 Å². The van der Waals surface area contributed by atoms with E-state index < -0.39 is 0 Å². The van der Waals surface area contributed by atoms with Crippen molar-refractivity contribution < 1.29 is 9.18 Å². The Morgan fingerprint density at radius 1 is 0.920 bits per heavy atom. The Balaban J connectivity index is 1.53.